The van der Waals surface area contributed by atoms with Crippen LogP contribution in [-0.4, -0.2) is 25.2 Å². The van der Waals surface area contributed by atoms with Crippen molar-refractivity contribution in [2.75, 3.05) is 13.2 Å². The number of unbranched alkanes of at least 4 members (excludes halogenated alkanes) is 1. The summed E-state index contributed by atoms with van der Waals surface area (Å²) in [4.78, 5) is 23.5. The SMILES string of the molecule is CC(C)COC(=O)CCCCC(=O)OCCC12CC3CC(CC(C3)C1)C2. The number of rotatable bonds is 10. The van der Waals surface area contributed by atoms with Crippen molar-refractivity contribution in [3.8, 4) is 0 Å². The van der Waals surface area contributed by atoms with Crippen molar-refractivity contribution in [2.45, 2.75) is 84.5 Å². The molecule has 0 unspecified atom stereocenters. The fourth-order valence-corrected chi connectivity index (χ4v) is 5.92. The van der Waals surface area contributed by atoms with E-state index >= 15 is 0 Å². The second-order valence-electron chi connectivity index (χ2n) is 9.67. The van der Waals surface area contributed by atoms with E-state index in [4.69, 9.17) is 9.47 Å². The maximum absolute atomic E-state index is 12.0. The Bertz CT molecular complexity index is 461. The summed E-state index contributed by atoms with van der Waals surface area (Å²) in [6.07, 6.45) is 11.7. The van der Waals surface area contributed by atoms with E-state index in [1.54, 1.807) is 0 Å². The summed E-state index contributed by atoms with van der Waals surface area (Å²) in [6, 6.07) is 0. The summed E-state index contributed by atoms with van der Waals surface area (Å²) in [5.74, 6) is 2.95. The molecule has 0 N–H and O–H groups in total. The van der Waals surface area contributed by atoms with Gasteiger partial charge in [-0.15, -0.1) is 0 Å². The minimum absolute atomic E-state index is 0.106. The molecule has 0 aromatic rings. The third-order valence-electron chi connectivity index (χ3n) is 6.65. The standard InChI is InChI=1S/C22H36O4/c1-16(2)15-26-21(24)6-4-3-5-20(23)25-8-7-22-12-17-9-18(13-22)11-19(10-17)14-22/h16-19H,3-15H2,1-2H3. The molecule has 26 heavy (non-hydrogen) atoms. The quantitative estimate of drug-likeness (QED) is 0.409. The molecule has 148 valence electrons. The maximum atomic E-state index is 12.0. The van der Waals surface area contributed by atoms with Crippen LogP contribution in [0.4, 0.5) is 0 Å². The van der Waals surface area contributed by atoms with E-state index in [-0.39, 0.29) is 11.9 Å². The predicted molar refractivity (Wildman–Crippen MR) is 100 cm³/mol. The summed E-state index contributed by atoms with van der Waals surface area (Å²) in [5.41, 5.74) is 0.481. The van der Waals surface area contributed by atoms with Gasteiger partial charge in [0.2, 0.25) is 0 Å². The van der Waals surface area contributed by atoms with Crippen molar-refractivity contribution in [1.82, 2.24) is 0 Å². The largest absolute Gasteiger partial charge is 0.466 e. The van der Waals surface area contributed by atoms with E-state index in [0.717, 1.165) is 24.2 Å². The fourth-order valence-electron chi connectivity index (χ4n) is 5.92. The number of carbonyl (C=O) groups is 2. The van der Waals surface area contributed by atoms with Gasteiger partial charge in [0.15, 0.2) is 0 Å². The van der Waals surface area contributed by atoms with E-state index in [2.05, 4.69) is 0 Å². The Labute approximate surface area is 158 Å². The van der Waals surface area contributed by atoms with Crippen LogP contribution in [0.1, 0.15) is 84.5 Å². The second-order valence-corrected chi connectivity index (χ2v) is 9.67. The van der Waals surface area contributed by atoms with E-state index in [1.165, 1.54) is 38.5 Å². The topological polar surface area (TPSA) is 52.6 Å². The van der Waals surface area contributed by atoms with Crippen molar-refractivity contribution in [3.63, 3.8) is 0 Å². The van der Waals surface area contributed by atoms with Crippen molar-refractivity contribution in [3.05, 3.63) is 0 Å². The minimum atomic E-state index is -0.158. The number of carbonyl (C=O) groups excluding carboxylic acids is 2. The van der Waals surface area contributed by atoms with Gasteiger partial charge in [0.1, 0.15) is 0 Å². The molecular formula is C22H36O4. The minimum Gasteiger partial charge on any atom is -0.466 e. The molecule has 0 heterocycles. The van der Waals surface area contributed by atoms with E-state index < -0.39 is 0 Å². The van der Waals surface area contributed by atoms with Gasteiger partial charge in [-0.2, -0.15) is 0 Å². The fraction of sp³-hybridized carbons (Fsp3) is 0.909. The zero-order valence-electron chi connectivity index (χ0n) is 16.6. The summed E-state index contributed by atoms with van der Waals surface area (Å²) < 4.78 is 10.6. The molecule has 4 aliphatic rings. The van der Waals surface area contributed by atoms with Gasteiger partial charge in [0, 0.05) is 12.8 Å². The molecule has 4 aliphatic carbocycles. The van der Waals surface area contributed by atoms with Crippen LogP contribution in [0.5, 0.6) is 0 Å². The molecular weight excluding hydrogens is 328 g/mol. The Morgan fingerprint density at radius 2 is 1.38 bits per heavy atom. The molecule has 0 saturated heterocycles. The number of hydrogen-bond acceptors (Lipinski definition) is 4. The average molecular weight is 365 g/mol. The van der Waals surface area contributed by atoms with Gasteiger partial charge < -0.3 is 9.47 Å². The highest BCUT2D eigenvalue weighted by Crippen LogP contribution is 2.61. The Hall–Kier alpha value is -1.06. The molecule has 0 amide bonds. The van der Waals surface area contributed by atoms with Crippen molar-refractivity contribution in [1.29, 1.82) is 0 Å². The molecule has 0 aromatic heterocycles. The lowest BCUT2D eigenvalue weighted by atomic mass is 9.49. The smallest absolute Gasteiger partial charge is 0.305 e. The summed E-state index contributed by atoms with van der Waals surface area (Å²) in [6.45, 7) is 5.10. The monoisotopic (exact) mass is 364 g/mol. The predicted octanol–water partition coefficient (Wildman–Crippen LogP) is 4.90. The molecule has 4 rings (SSSR count). The van der Waals surface area contributed by atoms with Gasteiger partial charge in [-0.05, 0) is 86.9 Å². The Morgan fingerprint density at radius 1 is 0.885 bits per heavy atom. The highest BCUT2D eigenvalue weighted by molar-refractivity contribution is 5.70. The summed E-state index contributed by atoms with van der Waals surface area (Å²) in [7, 11) is 0. The van der Waals surface area contributed by atoms with Crippen LogP contribution in [0.3, 0.4) is 0 Å². The molecule has 4 heteroatoms. The highest BCUT2D eigenvalue weighted by Gasteiger charge is 2.50. The molecule has 0 radical (unpaired) electrons. The van der Waals surface area contributed by atoms with Gasteiger partial charge in [0.25, 0.3) is 0 Å². The van der Waals surface area contributed by atoms with Crippen LogP contribution in [0.25, 0.3) is 0 Å². The molecule has 4 bridgehead atoms. The van der Waals surface area contributed by atoms with Crippen LogP contribution in [-0.2, 0) is 19.1 Å². The van der Waals surface area contributed by atoms with Crippen molar-refractivity contribution in [2.24, 2.45) is 29.1 Å². The first-order chi connectivity index (χ1) is 12.4. The van der Waals surface area contributed by atoms with Gasteiger partial charge in [-0.3, -0.25) is 9.59 Å². The Balaban J connectivity index is 1.25. The molecule has 0 aliphatic heterocycles. The molecule has 4 fully saturated rings. The Morgan fingerprint density at radius 3 is 1.88 bits per heavy atom. The lowest BCUT2D eigenvalue weighted by Gasteiger charge is -2.57. The third-order valence-corrected chi connectivity index (χ3v) is 6.65. The van der Waals surface area contributed by atoms with Crippen LogP contribution >= 0.6 is 0 Å². The zero-order chi connectivity index (χ0) is 18.6. The number of ether oxygens (including phenoxy) is 2. The molecule has 0 spiro atoms. The first kappa shape index (κ1) is 19.7. The average Bonchev–Trinajstić information content (AvgIpc) is 2.55. The van der Waals surface area contributed by atoms with Crippen LogP contribution in [0, 0.1) is 29.1 Å². The molecule has 4 nitrogen and oxygen atoms in total. The van der Waals surface area contributed by atoms with Crippen LogP contribution in [0.15, 0.2) is 0 Å². The van der Waals surface area contributed by atoms with E-state index in [9.17, 15) is 9.59 Å². The first-order valence-electron chi connectivity index (χ1n) is 10.8. The molecule has 4 saturated carbocycles. The van der Waals surface area contributed by atoms with Crippen LogP contribution in [0.2, 0.25) is 0 Å². The lowest BCUT2D eigenvalue weighted by Crippen LogP contribution is -2.46. The van der Waals surface area contributed by atoms with Gasteiger partial charge in [-0.25, -0.2) is 0 Å². The first-order valence-corrected chi connectivity index (χ1v) is 10.8. The molecule has 0 atom stereocenters. The van der Waals surface area contributed by atoms with Crippen molar-refractivity contribution >= 4 is 11.9 Å². The van der Waals surface area contributed by atoms with Gasteiger partial charge >= 0.3 is 11.9 Å². The Kier molecular flexibility index (Phi) is 6.63. The zero-order valence-corrected chi connectivity index (χ0v) is 16.6. The van der Waals surface area contributed by atoms with Gasteiger partial charge in [-0.1, -0.05) is 13.8 Å². The normalized spacial score (nSPS) is 32.0. The van der Waals surface area contributed by atoms with E-state index in [0.29, 0.717) is 50.2 Å². The van der Waals surface area contributed by atoms with E-state index in [1.807, 2.05) is 13.8 Å². The van der Waals surface area contributed by atoms with Crippen LogP contribution < -0.4 is 0 Å². The summed E-state index contributed by atoms with van der Waals surface area (Å²) >= 11 is 0. The number of esters is 2. The summed E-state index contributed by atoms with van der Waals surface area (Å²) in [5, 5.41) is 0. The number of hydrogen-bond donors (Lipinski definition) is 0. The highest BCUT2D eigenvalue weighted by atomic mass is 16.5. The third kappa shape index (κ3) is 5.47. The lowest BCUT2D eigenvalue weighted by molar-refractivity contribution is -0.147. The van der Waals surface area contributed by atoms with Gasteiger partial charge in [0.05, 0.1) is 13.2 Å². The van der Waals surface area contributed by atoms with Crippen molar-refractivity contribution < 1.29 is 19.1 Å². The molecule has 0 aromatic carbocycles. The second kappa shape index (κ2) is 8.75. The maximum Gasteiger partial charge on any atom is 0.305 e.